The van der Waals surface area contributed by atoms with Gasteiger partial charge in [0, 0.05) is 12.1 Å². The van der Waals surface area contributed by atoms with Crippen molar-refractivity contribution >= 4 is 23.6 Å². The lowest BCUT2D eigenvalue weighted by Crippen LogP contribution is -2.52. The van der Waals surface area contributed by atoms with Gasteiger partial charge in [0.15, 0.2) is 0 Å². The van der Waals surface area contributed by atoms with Crippen LogP contribution in [-0.2, 0) is 29.3 Å². The smallest absolute Gasteiger partial charge is 0.339 e. The summed E-state index contributed by atoms with van der Waals surface area (Å²) in [6, 6.07) is 4.14. The second-order valence-electron chi connectivity index (χ2n) is 3.85. The average Bonchev–Trinajstić information content (AvgIpc) is 2.47. The minimum atomic E-state index is -2.82. The standard InChI is InChI=1S/C12H11NO8/c1-20-10(16)12(9(14)15,11(17)21-2)7-4-3-5-8(6-7)13(18)19/h3-6H,1-2H3,(H,14,15). The Morgan fingerprint density at radius 1 is 1.19 bits per heavy atom. The van der Waals surface area contributed by atoms with Crippen LogP contribution in [0.15, 0.2) is 24.3 Å². The first-order valence-electron chi connectivity index (χ1n) is 5.47. The number of hydrogen-bond acceptors (Lipinski definition) is 7. The van der Waals surface area contributed by atoms with E-state index < -0.39 is 39.5 Å². The number of hydrogen-bond donors (Lipinski definition) is 1. The van der Waals surface area contributed by atoms with Gasteiger partial charge in [-0.2, -0.15) is 0 Å². The predicted octanol–water partition coefficient (Wildman–Crippen LogP) is 0.263. The van der Waals surface area contributed by atoms with Crippen LogP contribution in [0.1, 0.15) is 5.56 Å². The van der Waals surface area contributed by atoms with E-state index in [1.807, 2.05) is 0 Å². The van der Waals surface area contributed by atoms with Gasteiger partial charge in [-0.05, 0) is 5.56 Å². The fraction of sp³-hybridized carbons (Fsp3) is 0.250. The van der Waals surface area contributed by atoms with Crippen LogP contribution in [0.25, 0.3) is 0 Å². The molecule has 0 aliphatic carbocycles. The van der Waals surface area contributed by atoms with Crippen molar-refractivity contribution in [2.75, 3.05) is 14.2 Å². The zero-order chi connectivity index (χ0) is 16.2. The molecule has 0 fully saturated rings. The van der Waals surface area contributed by atoms with Crippen LogP contribution in [0.4, 0.5) is 5.69 Å². The maximum atomic E-state index is 11.9. The topological polar surface area (TPSA) is 133 Å². The van der Waals surface area contributed by atoms with Crippen LogP contribution < -0.4 is 0 Å². The summed E-state index contributed by atoms with van der Waals surface area (Å²) >= 11 is 0. The largest absolute Gasteiger partial charge is 0.480 e. The Hall–Kier alpha value is -2.97. The number of carbonyl (C=O) groups excluding carboxylic acids is 2. The van der Waals surface area contributed by atoms with Gasteiger partial charge in [-0.25, -0.2) is 14.4 Å². The lowest BCUT2D eigenvalue weighted by Gasteiger charge is -2.23. The van der Waals surface area contributed by atoms with E-state index in [0.717, 1.165) is 38.5 Å². The molecule has 0 radical (unpaired) electrons. The molecule has 1 N–H and O–H groups in total. The van der Waals surface area contributed by atoms with Crippen LogP contribution in [0.3, 0.4) is 0 Å². The maximum Gasteiger partial charge on any atom is 0.339 e. The van der Waals surface area contributed by atoms with Crippen molar-refractivity contribution < 1.29 is 33.9 Å². The van der Waals surface area contributed by atoms with Gasteiger partial charge >= 0.3 is 17.9 Å². The number of methoxy groups -OCH3 is 2. The summed E-state index contributed by atoms with van der Waals surface area (Å²) in [6.07, 6.45) is 0. The number of carboxylic acid groups (broad SMARTS) is 1. The molecular formula is C12H11NO8. The summed E-state index contributed by atoms with van der Waals surface area (Å²) < 4.78 is 8.73. The fourth-order valence-corrected chi connectivity index (χ4v) is 1.78. The highest BCUT2D eigenvalue weighted by Crippen LogP contribution is 2.30. The average molecular weight is 297 g/mol. The number of ether oxygens (including phenoxy) is 2. The van der Waals surface area contributed by atoms with Gasteiger partial charge in [0.05, 0.1) is 19.1 Å². The van der Waals surface area contributed by atoms with E-state index in [-0.39, 0.29) is 0 Å². The molecule has 0 unspecified atom stereocenters. The first-order valence-corrected chi connectivity index (χ1v) is 5.47. The number of aliphatic carboxylic acids is 1. The minimum Gasteiger partial charge on any atom is -0.480 e. The highest BCUT2D eigenvalue weighted by Gasteiger charge is 2.58. The number of carboxylic acids is 1. The number of benzene rings is 1. The van der Waals surface area contributed by atoms with E-state index in [4.69, 9.17) is 0 Å². The number of carbonyl (C=O) groups is 3. The SMILES string of the molecule is COC(=O)C(C(=O)O)(C(=O)OC)c1cccc([N+](=O)[O-])c1. The highest BCUT2D eigenvalue weighted by atomic mass is 16.6. The van der Waals surface area contributed by atoms with Crippen molar-refractivity contribution in [2.45, 2.75) is 5.41 Å². The third kappa shape index (κ3) is 2.53. The zero-order valence-electron chi connectivity index (χ0n) is 11.1. The normalized spacial score (nSPS) is 10.6. The molecule has 9 nitrogen and oxygen atoms in total. The van der Waals surface area contributed by atoms with Crippen molar-refractivity contribution in [3.05, 3.63) is 39.9 Å². The predicted molar refractivity (Wildman–Crippen MR) is 66.4 cm³/mol. The first kappa shape index (κ1) is 16.1. The first-order chi connectivity index (χ1) is 9.82. The number of rotatable bonds is 5. The summed E-state index contributed by atoms with van der Waals surface area (Å²) in [7, 11) is 1.78. The molecule has 0 heterocycles. The molecule has 21 heavy (non-hydrogen) atoms. The molecule has 0 atom stereocenters. The molecule has 1 rings (SSSR count). The van der Waals surface area contributed by atoms with E-state index in [1.165, 1.54) is 0 Å². The Bertz CT molecular complexity index is 593. The van der Waals surface area contributed by atoms with Crippen molar-refractivity contribution in [1.82, 2.24) is 0 Å². The quantitative estimate of drug-likeness (QED) is 0.354. The van der Waals surface area contributed by atoms with Gasteiger partial charge in [0.25, 0.3) is 11.1 Å². The van der Waals surface area contributed by atoms with Gasteiger partial charge in [-0.15, -0.1) is 0 Å². The number of non-ortho nitro benzene ring substituents is 1. The Labute approximate surface area is 118 Å². The van der Waals surface area contributed by atoms with Crippen LogP contribution in [-0.4, -0.2) is 42.2 Å². The van der Waals surface area contributed by atoms with E-state index in [0.29, 0.717) is 0 Å². The molecular weight excluding hydrogens is 286 g/mol. The maximum absolute atomic E-state index is 11.9. The van der Waals surface area contributed by atoms with Gasteiger partial charge in [0.1, 0.15) is 0 Å². The second kappa shape index (κ2) is 5.99. The van der Waals surface area contributed by atoms with Crippen molar-refractivity contribution in [3.63, 3.8) is 0 Å². The van der Waals surface area contributed by atoms with Gasteiger partial charge in [0.2, 0.25) is 0 Å². The Morgan fingerprint density at radius 3 is 2.10 bits per heavy atom. The Kier molecular flexibility index (Phi) is 4.59. The summed E-state index contributed by atoms with van der Waals surface area (Å²) in [5, 5.41) is 20.1. The van der Waals surface area contributed by atoms with E-state index in [2.05, 4.69) is 9.47 Å². The zero-order valence-corrected chi connectivity index (χ0v) is 11.1. The van der Waals surface area contributed by atoms with Crippen molar-refractivity contribution in [1.29, 1.82) is 0 Å². The van der Waals surface area contributed by atoms with Gasteiger partial charge < -0.3 is 14.6 Å². The summed E-state index contributed by atoms with van der Waals surface area (Å²) in [5.74, 6) is -4.69. The summed E-state index contributed by atoms with van der Waals surface area (Å²) in [5.41, 5.74) is -3.73. The fourth-order valence-electron chi connectivity index (χ4n) is 1.78. The Balaban J connectivity index is 3.68. The van der Waals surface area contributed by atoms with Gasteiger partial charge in [-0.3, -0.25) is 10.1 Å². The molecule has 1 aromatic rings. The molecule has 1 aromatic carbocycles. The number of nitrogens with zero attached hydrogens (tertiary/aromatic N) is 1. The monoisotopic (exact) mass is 297 g/mol. The Morgan fingerprint density at radius 2 is 1.71 bits per heavy atom. The van der Waals surface area contributed by atoms with Crippen LogP contribution in [0.5, 0.6) is 0 Å². The van der Waals surface area contributed by atoms with E-state index >= 15 is 0 Å². The van der Waals surface area contributed by atoms with E-state index in [1.54, 1.807) is 0 Å². The minimum absolute atomic E-state index is 0.428. The molecule has 0 amide bonds. The lowest BCUT2D eigenvalue weighted by molar-refractivity contribution is -0.384. The molecule has 0 aliphatic rings. The molecule has 0 saturated heterocycles. The summed E-state index contributed by atoms with van der Waals surface area (Å²) in [4.78, 5) is 45.3. The number of nitro benzene ring substituents is 1. The van der Waals surface area contributed by atoms with Crippen LogP contribution in [0, 0.1) is 10.1 Å². The van der Waals surface area contributed by atoms with Crippen LogP contribution in [0.2, 0.25) is 0 Å². The van der Waals surface area contributed by atoms with Gasteiger partial charge in [-0.1, -0.05) is 12.1 Å². The van der Waals surface area contributed by atoms with Crippen LogP contribution >= 0.6 is 0 Å². The molecule has 112 valence electrons. The summed E-state index contributed by atoms with van der Waals surface area (Å²) in [6.45, 7) is 0. The van der Waals surface area contributed by atoms with Crippen molar-refractivity contribution in [3.8, 4) is 0 Å². The molecule has 0 bridgehead atoms. The van der Waals surface area contributed by atoms with E-state index in [9.17, 15) is 29.6 Å². The molecule has 0 spiro atoms. The molecule has 9 heteroatoms. The lowest BCUT2D eigenvalue weighted by atomic mass is 9.80. The highest BCUT2D eigenvalue weighted by molar-refractivity contribution is 6.23. The number of nitro groups is 1. The molecule has 0 aromatic heterocycles. The number of esters is 2. The molecule has 0 saturated carbocycles. The van der Waals surface area contributed by atoms with Crippen molar-refractivity contribution in [2.24, 2.45) is 0 Å². The second-order valence-corrected chi connectivity index (χ2v) is 3.85. The third-order valence-corrected chi connectivity index (χ3v) is 2.79. The third-order valence-electron chi connectivity index (χ3n) is 2.79. The molecule has 0 aliphatic heterocycles.